The number of hydrogen-bond donors (Lipinski definition) is 0. The molecule has 0 fully saturated rings. The van der Waals surface area contributed by atoms with E-state index in [9.17, 15) is 0 Å². The summed E-state index contributed by atoms with van der Waals surface area (Å²) in [5, 5.41) is 17.0. The van der Waals surface area contributed by atoms with Gasteiger partial charge < -0.3 is 0 Å². The number of nitrogens with zero attached hydrogens (tertiary/aromatic N) is 8. The average molecular weight is 588 g/mol. The molecule has 0 aliphatic heterocycles. The van der Waals surface area contributed by atoms with Crippen LogP contribution in [0.4, 0.5) is 0 Å². The van der Waals surface area contributed by atoms with Crippen LogP contribution < -0.4 is 0 Å². The second-order valence-electron chi connectivity index (χ2n) is 9.26. The summed E-state index contributed by atoms with van der Waals surface area (Å²) in [7, 11) is 0. The molecule has 1 radical (unpaired) electrons. The molecule has 0 N–H and O–H groups in total. The second-order valence-corrected chi connectivity index (χ2v) is 9.26. The third kappa shape index (κ3) is 7.69. The Morgan fingerprint density at radius 1 is 0.293 bits per heavy atom. The molecular formula is C32H28CuN8. The molecule has 8 nitrogen and oxygen atoms in total. The Morgan fingerprint density at radius 2 is 0.512 bits per heavy atom. The minimum Gasteiger partial charge on any atom is -0.251 e. The molecule has 0 amide bonds. The van der Waals surface area contributed by atoms with Crippen molar-refractivity contribution in [1.82, 2.24) is 40.3 Å². The fourth-order valence-electron chi connectivity index (χ4n) is 3.95. The first-order chi connectivity index (χ1) is 19.4. The summed E-state index contributed by atoms with van der Waals surface area (Å²) in [6.45, 7) is 7.84. The first-order valence-electron chi connectivity index (χ1n) is 12.9. The molecular weight excluding hydrogens is 560 g/mol. The van der Waals surface area contributed by atoms with Gasteiger partial charge in [-0.25, -0.2) is 0 Å². The zero-order chi connectivity index (χ0) is 27.9. The van der Waals surface area contributed by atoms with Gasteiger partial charge in [-0.2, -0.15) is 0 Å². The van der Waals surface area contributed by atoms with Crippen molar-refractivity contribution in [2.75, 3.05) is 0 Å². The largest absolute Gasteiger partial charge is 0.251 e. The Balaban J connectivity index is 0.000000184. The summed E-state index contributed by atoms with van der Waals surface area (Å²) in [5.41, 5.74) is 10.3. The summed E-state index contributed by atoms with van der Waals surface area (Å²) in [4.78, 5) is 17.8. The van der Waals surface area contributed by atoms with Crippen LogP contribution >= 0.6 is 0 Å². The molecule has 0 atom stereocenters. The van der Waals surface area contributed by atoms with Gasteiger partial charge in [0.2, 0.25) is 0 Å². The molecule has 0 aliphatic rings. The molecule has 9 heteroatoms. The van der Waals surface area contributed by atoms with E-state index in [0.717, 1.165) is 68.3 Å². The van der Waals surface area contributed by atoms with Gasteiger partial charge in [0.25, 0.3) is 0 Å². The van der Waals surface area contributed by atoms with E-state index < -0.39 is 0 Å². The van der Waals surface area contributed by atoms with Crippen molar-refractivity contribution in [2.45, 2.75) is 27.7 Å². The van der Waals surface area contributed by atoms with Crippen molar-refractivity contribution >= 4 is 0 Å². The molecule has 207 valence electrons. The van der Waals surface area contributed by atoms with Gasteiger partial charge in [-0.1, -0.05) is 24.3 Å². The average Bonchev–Trinajstić information content (AvgIpc) is 2.98. The molecule has 0 unspecified atom stereocenters. The molecule has 6 heterocycles. The molecule has 6 aromatic heterocycles. The van der Waals surface area contributed by atoms with Crippen molar-refractivity contribution in [2.24, 2.45) is 0 Å². The Bertz CT molecular complexity index is 1480. The van der Waals surface area contributed by atoms with Crippen LogP contribution in [0.3, 0.4) is 0 Å². The molecule has 0 spiro atoms. The van der Waals surface area contributed by atoms with Crippen LogP contribution in [0.1, 0.15) is 22.8 Å². The maximum absolute atomic E-state index is 4.44. The fraction of sp³-hybridized carbons (Fsp3) is 0.125. The quantitative estimate of drug-likeness (QED) is 0.217. The maximum atomic E-state index is 4.44. The summed E-state index contributed by atoms with van der Waals surface area (Å²) >= 11 is 0. The third-order valence-corrected chi connectivity index (χ3v) is 5.93. The van der Waals surface area contributed by atoms with Crippen molar-refractivity contribution in [1.29, 1.82) is 0 Å². The molecule has 0 aliphatic carbocycles. The first kappa shape index (κ1) is 29.3. The van der Waals surface area contributed by atoms with E-state index in [1.165, 1.54) is 0 Å². The normalized spacial score (nSPS) is 10.2. The molecule has 0 aromatic carbocycles. The zero-order valence-electron chi connectivity index (χ0n) is 23.1. The number of aryl methyl sites for hydroxylation is 4. The van der Waals surface area contributed by atoms with Gasteiger partial charge in [0.15, 0.2) is 0 Å². The van der Waals surface area contributed by atoms with Gasteiger partial charge in [0, 0.05) is 39.8 Å². The molecule has 41 heavy (non-hydrogen) atoms. The van der Waals surface area contributed by atoms with Gasteiger partial charge in [0.1, 0.15) is 22.8 Å². The minimum atomic E-state index is 0. The van der Waals surface area contributed by atoms with Crippen molar-refractivity contribution in [3.05, 3.63) is 120 Å². The van der Waals surface area contributed by atoms with Crippen molar-refractivity contribution in [3.8, 4) is 45.6 Å². The van der Waals surface area contributed by atoms with Crippen LogP contribution in [-0.4, -0.2) is 40.3 Å². The van der Waals surface area contributed by atoms with E-state index in [1.54, 1.807) is 0 Å². The van der Waals surface area contributed by atoms with Crippen LogP contribution in [0.25, 0.3) is 45.6 Å². The predicted molar refractivity (Wildman–Crippen MR) is 156 cm³/mol. The summed E-state index contributed by atoms with van der Waals surface area (Å²) in [6, 6.07) is 31.1. The monoisotopic (exact) mass is 587 g/mol. The Kier molecular flexibility index (Phi) is 9.68. The number of pyridine rings is 4. The van der Waals surface area contributed by atoms with Gasteiger partial charge in [-0.3, -0.25) is 19.9 Å². The Labute approximate surface area is 249 Å². The van der Waals surface area contributed by atoms with Crippen molar-refractivity contribution < 1.29 is 17.1 Å². The van der Waals surface area contributed by atoms with Crippen LogP contribution in [0, 0.1) is 27.7 Å². The van der Waals surface area contributed by atoms with Crippen molar-refractivity contribution in [3.63, 3.8) is 0 Å². The van der Waals surface area contributed by atoms with Crippen LogP contribution in [0.2, 0.25) is 0 Å². The summed E-state index contributed by atoms with van der Waals surface area (Å²) < 4.78 is 0. The number of aromatic nitrogens is 8. The minimum absolute atomic E-state index is 0. The van der Waals surface area contributed by atoms with E-state index in [-0.39, 0.29) is 17.1 Å². The molecule has 0 saturated heterocycles. The molecule has 0 bridgehead atoms. The summed E-state index contributed by atoms with van der Waals surface area (Å²) in [6.07, 6.45) is 0. The standard InChI is InChI=1S/2C16H14N4.Cu/c2*1-11-5-3-7-13(17-11)15-9-10-16(20-19-15)14-8-4-6-12(2)18-14;/h2*3-10H,1-2H3;. The Hall–Kier alpha value is -4.72. The van der Waals surface area contributed by atoms with Crippen LogP contribution in [-0.2, 0) is 17.1 Å². The molecule has 6 rings (SSSR count). The van der Waals surface area contributed by atoms with Gasteiger partial charge >= 0.3 is 0 Å². The summed E-state index contributed by atoms with van der Waals surface area (Å²) in [5.74, 6) is 0. The second kappa shape index (κ2) is 13.6. The van der Waals surface area contributed by atoms with E-state index in [2.05, 4.69) is 40.3 Å². The molecule has 6 aromatic rings. The van der Waals surface area contributed by atoms with Gasteiger partial charge in [-0.05, 0) is 100 Å². The topological polar surface area (TPSA) is 103 Å². The Morgan fingerprint density at radius 3 is 0.683 bits per heavy atom. The smallest absolute Gasteiger partial charge is 0.111 e. The van der Waals surface area contributed by atoms with E-state index in [1.807, 2.05) is 125 Å². The number of rotatable bonds is 4. The van der Waals surface area contributed by atoms with Gasteiger partial charge in [-0.15, -0.1) is 20.4 Å². The van der Waals surface area contributed by atoms with Crippen LogP contribution in [0.15, 0.2) is 97.1 Å². The fourth-order valence-corrected chi connectivity index (χ4v) is 3.95. The van der Waals surface area contributed by atoms with E-state index in [4.69, 9.17) is 0 Å². The van der Waals surface area contributed by atoms with Crippen LogP contribution in [0.5, 0.6) is 0 Å². The van der Waals surface area contributed by atoms with Gasteiger partial charge in [0.05, 0.1) is 22.8 Å². The SMILES string of the molecule is Cc1cccc(-c2ccc(-c3cccc(C)n3)nn2)n1.Cc1cccc(-c2ccc(-c3cccc(C)n3)nn2)n1.[Cu]. The molecule has 0 saturated carbocycles. The number of hydrogen-bond acceptors (Lipinski definition) is 8. The predicted octanol–water partition coefficient (Wildman–Crippen LogP) is 6.43. The zero-order valence-corrected chi connectivity index (χ0v) is 24.1. The van der Waals surface area contributed by atoms with E-state index >= 15 is 0 Å². The third-order valence-electron chi connectivity index (χ3n) is 5.93. The maximum Gasteiger partial charge on any atom is 0.111 e. The van der Waals surface area contributed by atoms with E-state index in [0.29, 0.717) is 0 Å². The first-order valence-corrected chi connectivity index (χ1v) is 12.9.